The molecule has 1 fully saturated rings. The number of alkyl halides is 3. The molecule has 5 nitrogen and oxygen atoms in total. The first-order valence-corrected chi connectivity index (χ1v) is 5.87. The summed E-state index contributed by atoms with van der Waals surface area (Å²) in [5.41, 5.74) is -2.98. The van der Waals surface area contributed by atoms with Gasteiger partial charge in [-0.15, -0.1) is 0 Å². The monoisotopic (exact) mass is 308 g/mol. The lowest BCUT2D eigenvalue weighted by Crippen LogP contribution is -2.47. The molecule has 1 amide bonds. The molecule has 2 rings (SSSR count). The summed E-state index contributed by atoms with van der Waals surface area (Å²) in [6.45, 7) is 0. The molecule has 1 N–H and O–H groups in total. The smallest absolute Gasteiger partial charge is 0.338 e. The molecule has 1 aliphatic carbocycles. The molecular weight excluding hydrogens is 301 g/mol. The Morgan fingerprint density at radius 2 is 2.00 bits per heavy atom. The summed E-state index contributed by atoms with van der Waals surface area (Å²) in [6, 6.07) is 3.09. The van der Waals surface area contributed by atoms with Crippen LogP contribution >= 0.6 is 11.6 Å². The Bertz CT molecular complexity index is 585. The van der Waals surface area contributed by atoms with Gasteiger partial charge in [-0.1, -0.05) is 11.6 Å². The van der Waals surface area contributed by atoms with E-state index in [0.717, 1.165) is 18.2 Å². The highest BCUT2D eigenvalue weighted by molar-refractivity contribution is 6.32. The van der Waals surface area contributed by atoms with Crippen LogP contribution in [0.3, 0.4) is 0 Å². The quantitative estimate of drug-likeness (QED) is 0.689. The van der Waals surface area contributed by atoms with Crippen LogP contribution in [0, 0.1) is 10.1 Å². The zero-order valence-electron chi connectivity index (χ0n) is 9.83. The molecule has 108 valence electrons. The van der Waals surface area contributed by atoms with Gasteiger partial charge in [0.2, 0.25) is 0 Å². The predicted molar refractivity (Wildman–Crippen MR) is 63.6 cm³/mol. The molecule has 0 aromatic heterocycles. The van der Waals surface area contributed by atoms with Gasteiger partial charge < -0.3 is 5.32 Å². The van der Waals surface area contributed by atoms with Crippen molar-refractivity contribution >= 4 is 23.2 Å². The van der Waals surface area contributed by atoms with E-state index in [4.69, 9.17) is 11.6 Å². The molecule has 1 aromatic rings. The van der Waals surface area contributed by atoms with Crippen molar-refractivity contribution in [3.63, 3.8) is 0 Å². The molecule has 0 saturated heterocycles. The minimum absolute atomic E-state index is 0.191. The largest absolute Gasteiger partial charge is 0.411 e. The minimum Gasteiger partial charge on any atom is -0.338 e. The molecule has 0 atom stereocenters. The van der Waals surface area contributed by atoms with Crippen LogP contribution < -0.4 is 5.32 Å². The van der Waals surface area contributed by atoms with Crippen molar-refractivity contribution in [1.82, 2.24) is 5.32 Å². The van der Waals surface area contributed by atoms with E-state index in [9.17, 15) is 28.1 Å². The third-order valence-electron chi connectivity index (χ3n) is 3.05. The van der Waals surface area contributed by atoms with Gasteiger partial charge in [-0.25, -0.2) is 0 Å². The molecule has 0 spiro atoms. The summed E-state index contributed by atoms with van der Waals surface area (Å²) < 4.78 is 38.1. The van der Waals surface area contributed by atoms with Crippen LogP contribution in [0.1, 0.15) is 23.2 Å². The van der Waals surface area contributed by atoms with Gasteiger partial charge in [0.05, 0.1) is 4.92 Å². The summed E-state index contributed by atoms with van der Waals surface area (Å²) >= 11 is 5.56. The molecule has 1 aliphatic rings. The van der Waals surface area contributed by atoms with Gasteiger partial charge in [0.1, 0.15) is 10.6 Å². The number of benzene rings is 1. The standard InChI is InChI=1S/C11H8ClF3N2O3/c12-7-2-1-6(5-8(7)17(19)20)9(18)16-10(3-4-10)11(13,14)15/h1-2,5H,3-4H2,(H,16,18). The molecular formula is C11H8ClF3N2O3. The third-order valence-corrected chi connectivity index (χ3v) is 3.37. The normalized spacial score (nSPS) is 16.6. The number of nitrogens with zero attached hydrogens (tertiary/aromatic N) is 1. The lowest BCUT2D eigenvalue weighted by molar-refractivity contribution is -0.384. The summed E-state index contributed by atoms with van der Waals surface area (Å²) in [5, 5.41) is 12.4. The predicted octanol–water partition coefficient (Wildman–Crippen LogP) is 3.07. The van der Waals surface area contributed by atoms with Crippen LogP contribution in [-0.4, -0.2) is 22.5 Å². The highest BCUT2D eigenvalue weighted by Crippen LogP contribution is 2.49. The Hall–Kier alpha value is -1.83. The maximum atomic E-state index is 12.7. The van der Waals surface area contributed by atoms with Crippen molar-refractivity contribution < 1.29 is 22.9 Å². The number of hydrogen-bond donors (Lipinski definition) is 1. The van der Waals surface area contributed by atoms with Crippen LogP contribution in [0.5, 0.6) is 0 Å². The Balaban J connectivity index is 2.23. The first kappa shape index (κ1) is 14.6. The lowest BCUT2D eigenvalue weighted by atomic mass is 10.1. The molecule has 0 radical (unpaired) electrons. The second kappa shape index (κ2) is 4.62. The van der Waals surface area contributed by atoms with Gasteiger partial charge in [-0.05, 0) is 25.0 Å². The summed E-state index contributed by atoms with van der Waals surface area (Å²) in [4.78, 5) is 21.6. The van der Waals surface area contributed by atoms with E-state index in [-0.39, 0.29) is 23.4 Å². The van der Waals surface area contributed by atoms with Crippen molar-refractivity contribution in [1.29, 1.82) is 0 Å². The van der Waals surface area contributed by atoms with E-state index in [1.807, 2.05) is 5.32 Å². The summed E-state index contributed by atoms with van der Waals surface area (Å²) in [7, 11) is 0. The molecule has 1 aromatic carbocycles. The number of hydrogen-bond acceptors (Lipinski definition) is 3. The van der Waals surface area contributed by atoms with Gasteiger partial charge in [0, 0.05) is 11.6 Å². The first-order valence-electron chi connectivity index (χ1n) is 5.49. The van der Waals surface area contributed by atoms with E-state index in [1.54, 1.807) is 0 Å². The number of nitro benzene ring substituents is 1. The molecule has 9 heteroatoms. The van der Waals surface area contributed by atoms with E-state index >= 15 is 0 Å². The molecule has 0 heterocycles. The van der Waals surface area contributed by atoms with Gasteiger partial charge in [0.15, 0.2) is 0 Å². The zero-order chi connectivity index (χ0) is 15.1. The lowest BCUT2D eigenvalue weighted by Gasteiger charge is -2.20. The fourth-order valence-corrected chi connectivity index (χ4v) is 1.87. The third kappa shape index (κ3) is 2.55. The molecule has 1 saturated carbocycles. The van der Waals surface area contributed by atoms with Gasteiger partial charge >= 0.3 is 6.18 Å². The van der Waals surface area contributed by atoms with Gasteiger partial charge in [0.25, 0.3) is 11.6 Å². The van der Waals surface area contributed by atoms with Crippen molar-refractivity contribution in [3.05, 3.63) is 38.9 Å². The zero-order valence-corrected chi connectivity index (χ0v) is 10.6. The maximum absolute atomic E-state index is 12.7. The average Bonchev–Trinajstić information content (AvgIpc) is 3.09. The Kier molecular flexibility index (Phi) is 3.37. The number of nitrogens with one attached hydrogen (secondary N) is 1. The molecule has 20 heavy (non-hydrogen) atoms. The van der Waals surface area contributed by atoms with E-state index in [0.29, 0.717) is 0 Å². The minimum atomic E-state index is -4.54. The number of carbonyl (C=O) groups is 1. The second-order valence-electron chi connectivity index (χ2n) is 4.46. The van der Waals surface area contributed by atoms with Crippen LogP contribution in [0.25, 0.3) is 0 Å². The Labute approximate surface area is 115 Å². The highest BCUT2D eigenvalue weighted by atomic mass is 35.5. The number of amides is 1. The summed E-state index contributed by atoms with van der Waals surface area (Å²) in [5.74, 6) is -1.01. The van der Waals surface area contributed by atoms with Crippen molar-refractivity contribution in [3.8, 4) is 0 Å². The van der Waals surface area contributed by atoms with Crippen LogP contribution in [-0.2, 0) is 0 Å². The van der Waals surface area contributed by atoms with Gasteiger partial charge in [-0.3, -0.25) is 14.9 Å². The molecule has 0 aliphatic heterocycles. The van der Waals surface area contributed by atoms with Crippen molar-refractivity contribution in [2.75, 3.05) is 0 Å². The van der Waals surface area contributed by atoms with E-state index in [1.165, 1.54) is 0 Å². The topological polar surface area (TPSA) is 72.2 Å². The Morgan fingerprint density at radius 3 is 2.45 bits per heavy atom. The first-order chi connectivity index (χ1) is 9.16. The summed E-state index contributed by atoms with van der Waals surface area (Å²) in [6.07, 6.45) is -4.93. The van der Waals surface area contributed by atoms with Crippen LogP contribution in [0.2, 0.25) is 5.02 Å². The molecule has 0 bridgehead atoms. The number of halogens is 4. The number of nitro groups is 1. The SMILES string of the molecule is O=C(NC1(C(F)(F)F)CC1)c1ccc(Cl)c([N+](=O)[O-])c1. The average molecular weight is 309 g/mol. The van der Waals surface area contributed by atoms with E-state index in [2.05, 4.69) is 0 Å². The van der Waals surface area contributed by atoms with Crippen LogP contribution in [0.4, 0.5) is 18.9 Å². The van der Waals surface area contributed by atoms with Gasteiger partial charge in [-0.2, -0.15) is 13.2 Å². The fourth-order valence-electron chi connectivity index (χ4n) is 1.69. The van der Waals surface area contributed by atoms with E-state index < -0.39 is 28.2 Å². The fraction of sp³-hybridized carbons (Fsp3) is 0.364. The van der Waals surface area contributed by atoms with Crippen molar-refractivity contribution in [2.45, 2.75) is 24.6 Å². The Morgan fingerprint density at radius 1 is 1.40 bits per heavy atom. The number of carbonyl (C=O) groups excluding carboxylic acids is 1. The maximum Gasteiger partial charge on any atom is 0.411 e. The number of rotatable bonds is 3. The molecule has 0 unspecified atom stereocenters. The van der Waals surface area contributed by atoms with Crippen molar-refractivity contribution in [2.24, 2.45) is 0 Å². The van der Waals surface area contributed by atoms with Crippen LogP contribution in [0.15, 0.2) is 18.2 Å². The second-order valence-corrected chi connectivity index (χ2v) is 4.86. The highest BCUT2D eigenvalue weighted by Gasteiger charge is 2.64.